The van der Waals surface area contributed by atoms with E-state index in [1.807, 2.05) is 6.07 Å². The second-order valence-corrected chi connectivity index (χ2v) is 6.87. The Morgan fingerprint density at radius 2 is 1.85 bits per heavy atom. The second-order valence-electron chi connectivity index (χ2n) is 6.87. The van der Waals surface area contributed by atoms with Crippen LogP contribution in [0.2, 0.25) is 0 Å². The van der Waals surface area contributed by atoms with Crippen molar-refractivity contribution in [3.63, 3.8) is 0 Å². The molecule has 1 fully saturated rings. The first-order valence-electron chi connectivity index (χ1n) is 9.49. The van der Waals surface area contributed by atoms with Gasteiger partial charge in [0.05, 0.1) is 24.7 Å². The van der Waals surface area contributed by atoms with Crippen molar-refractivity contribution in [2.45, 2.75) is 51.7 Å². The zero-order chi connectivity index (χ0) is 19.2. The average Bonchev–Trinajstić information content (AvgIpc) is 2.96. The van der Waals surface area contributed by atoms with E-state index in [0.717, 1.165) is 38.8 Å². The minimum atomic E-state index is -0.783. The topological polar surface area (TPSA) is 81.5 Å². The maximum atomic E-state index is 12.5. The summed E-state index contributed by atoms with van der Waals surface area (Å²) in [6, 6.07) is 7.13. The number of aryl methyl sites for hydroxylation is 1. The molecule has 1 aliphatic heterocycles. The van der Waals surface area contributed by atoms with E-state index in [1.54, 1.807) is 34.7 Å². The third-order valence-electron chi connectivity index (χ3n) is 4.86. The minimum Gasteiger partial charge on any atom is -0.452 e. The number of ether oxygens (including phenoxy) is 1. The van der Waals surface area contributed by atoms with Crippen molar-refractivity contribution >= 4 is 22.8 Å². The minimum absolute atomic E-state index is 0.0808. The molecule has 1 aliphatic rings. The molecule has 1 amide bonds. The van der Waals surface area contributed by atoms with E-state index < -0.39 is 12.1 Å². The summed E-state index contributed by atoms with van der Waals surface area (Å²) in [6.07, 6.45) is 4.82. The van der Waals surface area contributed by atoms with E-state index in [9.17, 15) is 14.4 Å². The predicted octanol–water partition coefficient (Wildman–Crippen LogP) is 2.12. The lowest BCUT2D eigenvalue weighted by Gasteiger charge is -2.24. The Hall–Kier alpha value is -2.70. The van der Waals surface area contributed by atoms with Crippen LogP contribution in [0.4, 0.5) is 0 Å². The molecule has 7 heteroatoms. The van der Waals surface area contributed by atoms with Gasteiger partial charge in [-0.25, -0.2) is 0 Å². The van der Waals surface area contributed by atoms with E-state index >= 15 is 0 Å². The van der Waals surface area contributed by atoms with Crippen LogP contribution in [0.1, 0.15) is 39.0 Å². The number of likely N-dealkylation sites (tertiary alicyclic amines) is 1. The van der Waals surface area contributed by atoms with Crippen LogP contribution in [0.3, 0.4) is 0 Å². The van der Waals surface area contributed by atoms with Gasteiger partial charge in [-0.2, -0.15) is 5.10 Å². The fraction of sp³-hybridized carbons (Fsp3) is 0.500. The molecule has 0 unspecified atom stereocenters. The first-order chi connectivity index (χ1) is 13.1. The highest BCUT2D eigenvalue weighted by atomic mass is 16.5. The SMILES string of the molecule is C[C@@H](OC(=O)CCn1ncc(=O)c2ccccc21)C(=O)N1CCCCCC1. The van der Waals surface area contributed by atoms with E-state index in [1.165, 1.54) is 6.20 Å². The zero-order valence-corrected chi connectivity index (χ0v) is 15.6. The largest absolute Gasteiger partial charge is 0.452 e. The van der Waals surface area contributed by atoms with Crippen LogP contribution in [0, 0.1) is 0 Å². The summed E-state index contributed by atoms with van der Waals surface area (Å²) in [7, 11) is 0. The van der Waals surface area contributed by atoms with Crippen LogP contribution in [0.25, 0.3) is 10.9 Å². The number of benzene rings is 1. The molecule has 144 valence electrons. The van der Waals surface area contributed by atoms with Gasteiger partial charge in [-0.3, -0.25) is 19.1 Å². The molecule has 3 rings (SSSR count). The molecule has 2 aromatic rings. The van der Waals surface area contributed by atoms with E-state index in [0.29, 0.717) is 10.9 Å². The molecule has 1 atom stereocenters. The third-order valence-corrected chi connectivity index (χ3v) is 4.86. The first kappa shape index (κ1) is 19.1. The third kappa shape index (κ3) is 4.72. The second kappa shape index (κ2) is 8.79. The molecular formula is C20H25N3O4. The van der Waals surface area contributed by atoms with Crippen molar-refractivity contribution in [2.75, 3.05) is 13.1 Å². The van der Waals surface area contributed by atoms with Crippen molar-refractivity contribution in [3.8, 4) is 0 Å². The number of fused-ring (bicyclic) bond motifs is 1. The van der Waals surface area contributed by atoms with Crippen molar-refractivity contribution in [3.05, 3.63) is 40.7 Å². The summed E-state index contributed by atoms with van der Waals surface area (Å²) < 4.78 is 6.94. The molecule has 1 aromatic heterocycles. The number of carbonyl (C=O) groups is 2. The highest BCUT2D eigenvalue weighted by Gasteiger charge is 2.24. The highest BCUT2D eigenvalue weighted by molar-refractivity contribution is 5.83. The van der Waals surface area contributed by atoms with Gasteiger partial charge in [0.1, 0.15) is 0 Å². The molecule has 0 saturated carbocycles. The standard InChI is InChI=1S/C20H25N3O4/c1-15(20(26)22-11-6-2-3-7-12-22)27-19(25)10-13-23-17-9-5-4-8-16(17)18(24)14-21-23/h4-5,8-9,14-15H,2-3,6-7,10-13H2,1H3/t15-/m1/s1. The van der Waals surface area contributed by atoms with Gasteiger partial charge >= 0.3 is 5.97 Å². The molecular weight excluding hydrogens is 346 g/mol. The van der Waals surface area contributed by atoms with E-state index in [-0.39, 0.29) is 24.3 Å². The molecule has 0 bridgehead atoms. The Kier molecular flexibility index (Phi) is 6.21. The molecule has 0 spiro atoms. The number of carbonyl (C=O) groups excluding carboxylic acids is 2. The monoisotopic (exact) mass is 371 g/mol. The number of hydrogen-bond donors (Lipinski definition) is 0. The highest BCUT2D eigenvalue weighted by Crippen LogP contribution is 2.13. The number of nitrogens with zero attached hydrogens (tertiary/aromatic N) is 3. The predicted molar refractivity (Wildman–Crippen MR) is 101 cm³/mol. The Bertz CT molecular complexity index is 869. The van der Waals surface area contributed by atoms with Gasteiger partial charge in [-0.1, -0.05) is 25.0 Å². The van der Waals surface area contributed by atoms with Crippen LogP contribution >= 0.6 is 0 Å². The number of aromatic nitrogens is 2. The van der Waals surface area contributed by atoms with Crippen molar-refractivity contribution in [2.24, 2.45) is 0 Å². The number of hydrogen-bond acceptors (Lipinski definition) is 5. The van der Waals surface area contributed by atoms with Gasteiger partial charge < -0.3 is 9.64 Å². The zero-order valence-electron chi connectivity index (χ0n) is 15.6. The summed E-state index contributed by atoms with van der Waals surface area (Å²) >= 11 is 0. The smallest absolute Gasteiger partial charge is 0.308 e. The Labute approximate surface area is 157 Å². The van der Waals surface area contributed by atoms with Gasteiger partial charge in [0.15, 0.2) is 6.10 Å². The van der Waals surface area contributed by atoms with Crippen LogP contribution in [0.5, 0.6) is 0 Å². The number of amides is 1. The molecule has 0 radical (unpaired) electrons. The van der Waals surface area contributed by atoms with Gasteiger partial charge in [-0.05, 0) is 31.9 Å². The van der Waals surface area contributed by atoms with Crippen LogP contribution in [-0.4, -0.2) is 45.8 Å². The summed E-state index contributed by atoms with van der Waals surface area (Å²) in [5.74, 6) is -0.576. The normalized spacial score (nSPS) is 16.0. The van der Waals surface area contributed by atoms with Crippen LogP contribution < -0.4 is 5.43 Å². The Balaban J connectivity index is 1.57. The molecule has 2 heterocycles. The lowest BCUT2D eigenvalue weighted by molar-refractivity contribution is -0.159. The first-order valence-corrected chi connectivity index (χ1v) is 9.49. The van der Waals surface area contributed by atoms with Crippen molar-refractivity contribution < 1.29 is 14.3 Å². The van der Waals surface area contributed by atoms with Crippen molar-refractivity contribution in [1.82, 2.24) is 14.7 Å². The fourth-order valence-electron chi connectivity index (χ4n) is 3.39. The van der Waals surface area contributed by atoms with Crippen LogP contribution in [0.15, 0.2) is 35.3 Å². The molecule has 7 nitrogen and oxygen atoms in total. The summed E-state index contributed by atoms with van der Waals surface area (Å²) in [5, 5.41) is 4.66. The van der Waals surface area contributed by atoms with Crippen LogP contribution in [-0.2, 0) is 20.9 Å². The maximum Gasteiger partial charge on any atom is 0.308 e. The summed E-state index contributed by atoms with van der Waals surface area (Å²) in [6.45, 7) is 3.37. The quantitative estimate of drug-likeness (QED) is 0.752. The maximum absolute atomic E-state index is 12.5. The van der Waals surface area contributed by atoms with Crippen molar-refractivity contribution in [1.29, 1.82) is 0 Å². The lowest BCUT2D eigenvalue weighted by Crippen LogP contribution is -2.40. The Morgan fingerprint density at radius 1 is 1.15 bits per heavy atom. The average molecular weight is 371 g/mol. The van der Waals surface area contributed by atoms with E-state index in [2.05, 4.69) is 5.10 Å². The molecule has 0 N–H and O–H groups in total. The van der Waals surface area contributed by atoms with Gasteiger partial charge in [0.2, 0.25) is 5.43 Å². The van der Waals surface area contributed by atoms with Gasteiger partial charge in [-0.15, -0.1) is 0 Å². The van der Waals surface area contributed by atoms with E-state index in [4.69, 9.17) is 4.74 Å². The number of rotatable bonds is 5. The fourth-order valence-corrected chi connectivity index (χ4v) is 3.39. The molecule has 1 saturated heterocycles. The lowest BCUT2D eigenvalue weighted by atomic mass is 10.2. The van der Waals surface area contributed by atoms with Gasteiger partial charge in [0.25, 0.3) is 5.91 Å². The number of esters is 1. The molecule has 0 aliphatic carbocycles. The summed E-state index contributed by atoms with van der Waals surface area (Å²) in [4.78, 5) is 38.3. The molecule has 1 aromatic carbocycles. The summed E-state index contributed by atoms with van der Waals surface area (Å²) in [5.41, 5.74) is 0.521. The Morgan fingerprint density at radius 3 is 2.59 bits per heavy atom. The molecule has 27 heavy (non-hydrogen) atoms. The van der Waals surface area contributed by atoms with Gasteiger partial charge in [0, 0.05) is 18.5 Å². The number of para-hydroxylation sites is 1.